The number of phenols is 2. The van der Waals surface area contributed by atoms with E-state index in [0.29, 0.717) is 0 Å². The van der Waals surface area contributed by atoms with E-state index in [1.165, 1.54) is 6.92 Å². The quantitative estimate of drug-likeness (QED) is 0.352. The molecule has 0 heterocycles. The van der Waals surface area contributed by atoms with Gasteiger partial charge in [0.15, 0.2) is 0 Å². The number of carboxylic acids is 1. The van der Waals surface area contributed by atoms with Crippen molar-refractivity contribution in [2.24, 2.45) is 5.41 Å². The second-order valence-electron chi connectivity index (χ2n) is 5.41. The van der Waals surface area contributed by atoms with E-state index in [4.69, 9.17) is 35.7 Å². The second kappa shape index (κ2) is 16.6. The third-order valence-corrected chi connectivity index (χ3v) is 4.14. The summed E-state index contributed by atoms with van der Waals surface area (Å²) in [6, 6.07) is 14.0. The van der Waals surface area contributed by atoms with Gasteiger partial charge in [0.2, 0.25) is 0 Å². The van der Waals surface area contributed by atoms with Gasteiger partial charge in [-0.2, -0.15) is 0 Å². The Morgan fingerprint density at radius 2 is 1.07 bits per heavy atom. The molecule has 166 valence electrons. The summed E-state index contributed by atoms with van der Waals surface area (Å²) >= 11 is 1.58. The maximum absolute atomic E-state index is 10.2. The van der Waals surface area contributed by atoms with E-state index in [9.17, 15) is 4.79 Å². The first-order valence-electron chi connectivity index (χ1n) is 7.65. The van der Waals surface area contributed by atoms with Crippen molar-refractivity contribution in [1.29, 1.82) is 0 Å². The Kier molecular flexibility index (Phi) is 18.0. The molecule has 29 heavy (non-hydrogen) atoms. The summed E-state index contributed by atoms with van der Waals surface area (Å²) in [6.07, 6.45) is 0. The molecule has 0 fully saturated rings. The molecule has 2 aromatic rings. The predicted molar refractivity (Wildman–Crippen MR) is 113 cm³/mol. The summed E-state index contributed by atoms with van der Waals surface area (Å²) in [7, 11) is 0. The molecule has 0 aromatic heterocycles. The molecule has 7 N–H and O–H groups in total. The zero-order chi connectivity index (χ0) is 20.9. The van der Waals surface area contributed by atoms with Crippen molar-refractivity contribution in [3.8, 4) is 11.5 Å². The van der Waals surface area contributed by atoms with Crippen molar-refractivity contribution in [1.82, 2.24) is 0 Å². The van der Waals surface area contributed by atoms with E-state index in [1.807, 2.05) is 24.3 Å². The highest BCUT2D eigenvalue weighted by Gasteiger charge is 2.31. The van der Waals surface area contributed by atoms with Crippen LogP contribution in [0, 0.1) is 5.41 Å². The van der Waals surface area contributed by atoms with Gasteiger partial charge in [0.25, 0.3) is 0 Å². The fourth-order valence-corrected chi connectivity index (χ4v) is 2.17. The lowest BCUT2D eigenvalue weighted by Gasteiger charge is -2.17. The van der Waals surface area contributed by atoms with Crippen LogP contribution in [0.1, 0.15) is 21.8 Å². The number of aliphatic carboxylic acids is 1. The average molecular weight is 433 g/mol. The van der Waals surface area contributed by atoms with Gasteiger partial charge < -0.3 is 35.7 Å². The first kappa shape index (κ1) is 31.4. The van der Waals surface area contributed by atoms with Crippen LogP contribution in [0.25, 0.3) is 0 Å². The number of rotatable bonds is 5. The van der Waals surface area contributed by atoms with Crippen LogP contribution in [0.4, 0.5) is 0 Å². The van der Waals surface area contributed by atoms with Gasteiger partial charge in [-0.1, -0.05) is 26.6 Å². The lowest BCUT2D eigenvalue weighted by atomic mass is 9.94. The van der Waals surface area contributed by atoms with Gasteiger partial charge in [-0.3, -0.25) is 4.79 Å². The van der Waals surface area contributed by atoms with Crippen LogP contribution in [-0.2, 0) is 4.79 Å². The topological polar surface area (TPSA) is 159 Å². The number of hydrogen-bond donors (Lipinski definition) is 7. The molecule has 0 saturated carbocycles. The van der Waals surface area contributed by atoms with Gasteiger partial charge in [0.05, 0.1) is 13.2 Å². The third kappa shape index (κ3) is 12.7. The van der Waals surface area contributed by atoms with E-state index in [0.717, 1.165) is 9.79 Å². The monoisotopic (exact) mass is 432 g/mol. The predicted octanol–water partition coefficient (Wildman–Crippen LogP) is 2.51. The summed E-state index contributed by atoms with van der Waals surface area (Å²) in [5.41, 5.74) is -1.39. The Balaban J connectivity index is -0.000000421. The number of phenolic OH excluding ortho intramolecular Hbond substituents is 2. The van der Waals surface area contributed by atoms with Gasteiger partial charge in [-0.05, 0) is 55.5 Å². The molecule has 0 saturated heterocycles. The molecular weight excluding hydrogens is 400 g/mol. The summed E-state index contributed by atoms with van der Waals surface area (Å²) in [6.45, 7) is -0.563. The van der Waals surface area contributed by atoms with Crippen LogP contribution in [0.15, 0.2) is 58.3 Å². The number of aliphatic hydroxyl groups excluding tert-OH is 3. The normalized spacial score (nSPS) is 9.41. The first-order valence-corrected chi connectivity index (χ1v) is 8.46. The van der Waals surface area contributed by atoms with Gasteiger partial charge in [-0.25, -0.2) is 0 Å². The lowest BCUT2D eigenvalue weighted by Crippen LogP contribution is -2.35. The Labute approximate surface area is 175 Å². The number of carboxylic acid groups (broad SMARTS) is 1. The molecular formula is C20H32O8S. The molecule has 9 heteroatoms. The highest BCUT2D eigenvalue weighted by Crippen LogP contribution is 2.29. The molecule has 0 aliphatic heterocycles. The van der Waals surface area contributed by atoms with Crippen molar-refractivity contribution in [3.63, 3.8) is 0 Å². The highest BCUT2D eigenvalue weighted by molar-refractivity contribution is 7.99. The Morgan fingerprint density at radius 3 is 1.24 bits per heavy atom. The van der Waals surface area contributed by atoms with E-state index >= 15 is 0 Å². The average Bonchev–Trinajstić information content (AvgIpc) is 2.66. The van der Waals surface area contributed by atoms with E-state index < -0.39 is 31.4 Å². The van der Waals surface area contributed by atoms with Crippen LogP contribution in [0.2, 0.25) is 0 Å². The van der Waals surface area contributed by atoms with Crippen molar-refractivity contribution >= 4 is 17.7 Å². The minimum Gasteiger partial charge on any atom is -0.508 e. The number of aliphatic hydroxyl groups is 4. The Bertz CT molecular complexity index is 612. The van der Waals surface area contributed by atoms with Crippen LogP contribution in [0.3, 0.4) is 0 Å². The number of carbonyl (C=O) groups is 1. The molecule has 0 aliphatic rings. The minimum atomic E-state index is -1.39. The largest absolute Gasteiger partial charge is 0.508 e. The summed E-state index contributed by atoms with van der Waals surface area (Å²) < 4.78 is 0. The maximum Gasteiger partial charge on any atom is 0.314 e. The highest BCUT2D eigenvalue weighted by atomic mass is 32.2. The van der Waals surface area contributed by atoms with Crippen LogP contribution in [0.5, 0.6) is 11.5 Å². The lowest BCUT2D eigenvalue weighted by molar-refractivity contribution is -0.152. The Morgan fingerprint density at radius 1 is 0.793 bits per heavy atom. The van der Waals surface area contributed by atoms with Crippen LogP contribution < -0.4 is 0 Å². The zero-order valence-electron chi connectivity index (χ0n) is 14.7. The van der Waals surface area contributed by atoms with Crippen molar-refractivity contribution in [2.45, 2.75) is 31.6 Å². The van der Waals surface area contributed by atoms with Crippen molar-refractivity contribution < 1.29 is 40.5 Å². The third-order valence-electron chi connectivity index (χ3n) is 3.12. The van der Waals surface area contributed by atoms with E-state index in [2.05, 4.69) is 0 Å². The zero-order valence-corrected chi connectivity index (χ0v) is 15.5. The van der Waals surface area contributed by atoms with Crippen molar-refractivity contribution in [2.75, 3.05) is 20.0 Å². The molecule has 0 spiro atoms. The molecule has 0 radical (unpaired) electrons. The van der Waals surface area contributed by atoms with Gasteiger partial charge >= 0.3 is 5.97 Å². The summed E-state index contributed by atoms with van der Waals surface area (Å²) in [4.78, 5) is 12.3. The molecule has 0 bridgehead atoms. The maximum atomic E-state index is 10.2. The van der Waals surface area contributed by atoms with Gasteiger partial charge in [0, 0.05) is 9.79 Å². The summed E-state index contributed by atoms with van der Waals surface area (Å²) in [5, 5.41) is 57.6. The van der Waals surface area contributed by atoms with E-state index in [-0.39, 0.29) is 26.4 Å². The minimum absolute atomic E-state index is 0. The molecule has 0 amide bonds. The van der Waals surface area contributed by atoms with Crippen LogP contribution >= 0.6 is 11.8 Å². The van der Waals surface area contributed by atoms with Gasteiger partial charge in [-0.15, -0.1) is 0 Å². The number of aromatic hydroxyl groups is 2. The second-order valence-corrected chi connectivity index (χ2v) is 6.56. The SMILES string of the molecule is C.C.CC(CO)(CO)C(=O)O.OCO.Oc1ccc(Sc2ccc(O)cc2)cc1. The smallest absolute Gasteiger partial charge is 0.314 e. The standard InChI is InChI=1S/C12H10O2S.C5H10O4.CH4O2.2CH4/c13-9-1-5-11(6-2-9)15-12-7-3-10(14)4-8-12;1-5(2-6,3-7)4(8)9;2-1-3;;/h1-8,13-14H;6-7H,2-3H2,1H3,(H,8,9);2-3H,1H2;2*1H4. The molecule has 0 aliphatic carbocycles. The fraction of sp³-hybridized carbons (Fsp3) is 0.350. The van der Waals surface area contributed by atoms with E-state index in [1.54, 1.807) is 36.0 Å². The summed E-state index contributed by atoms with van der Waals surface area (Å²) in [5.74, 6) is -0.650. The molecule has 8 nitrogen and oxygen atoms in total. The number of hydrogen-bond acceptors (Lipinski definition) is 8. The number of benzene rings is 2. The molecule has 0 atom stereocenters. The van der Waals surface area contributed by atoms with Crippen LogP contribution in [-0.4, -0.2) is 61.7 Å². The first-order chi connectivity index (χ1) is 12.7. The van der Waals surface area contributed by atoms with Crippen molar-refractivity contribution in [3.05, 3.63) is 48.5 Å². The molecule has 2 rings (SSSR count). The molecule has 0 unspecified atom stereocenters. The Hall–Kier alpha value is -2.30. The van der Waals surface area contributed by atoms with Gasteiger partial charge in [0.1, 0.15) is 23.7 Å². The molecule has 2 aromatic carbocycles. The fourth-order valence-electron chi connectivity index (χ4n) is 1.35.